The molecule has 0 N–H and O–H groups in total. The SMILES string of the molecule is c1ccc(N(c2ccc(-c3nc4ccccc4s3)cc2)c2ccc(-n3c4ccc(N(c5ccccc5)c5ccc(-c6nc7ccccc7s6)cc5)cc4c4cc(N(c5ccccc5)c5ccc(-c6nc7ccccc7s6)cc5)ccc43)cc2)cc1. The maximum Gasteiger partial charge on any atom is 0.124 e. The van der Waals surface area contributed by atoms with Crippen molar-refractivity contribution >= 4 is 138 Å². The van der Waals surface area contributed by atoms with Crippen LogP contribution in [0.1, 0.15) is 0 Å². The summed E-state index contributed by atoms with van der Waals surface area (Å²) in [5.41, 5.74) is 19.1. The summed E-state index contributed by atoms with van der Waals surface area (Å²) in [6.07, 6.45) is 0. The third kappa shape index (κ3) is 9.35. The number of aromatic nitrogens is 4. The lowest BCUT2D eigenvalue weighted by Crippen LogP contribution is -2.10. The van der Waals surface area contributed by atoms with Gasteiger partial charge < -0.3 is 19.3 Å². The lowest BCUT2D eigenvalue weighted by atomic mass is 10.1. The number of benzene rings is 12. The Morgan fingerprint density at radius 3 is 0.847 bits per heavy atom. The number of thiazole rings is 3. The van der Waals surface area contributed by atoms with Crippen molar-refractivity contribution in [3.05, 3.63) is 297 Å². The molecule has 0 radical (unpaired) electrons. The normalized spacial score (nSPS) is 11.5. The maximum atomic E-state index is 5.00. The molecule has 0 spiro atoms. The topological polar surface area (TPSA) is 53.3 Å². The van der Waals surface area contributed by atoms with Crippen molar-refractivity contribution in [2.75, 3.05) is 14.7 Å². The van der Waals surface area contributed by atoms with E-state index in [4.69, 9.17) is 15.0 Å². The van der Waals surface area contributed by atoms with Crippen LogP contribution < -0.4 is 14.7 Å². The van der Waals surface area contributed by atoms with Crippen molar-refractivity contribution in [2.24, 2.45) is 0 Å². The average Bonchev–Trinajstić information content (AvgIpc) is 2.08. The molecule has 0 saturated heterocycles. The molecule has 0 fully saturated rings. The van der Waals surface area contributed by atoms with Gasteiger partial charge in [0.15, 0.2) is 0 Å². The van der Waals surface area contributed by atoms with Gasteiger partial charge in [-0.1, -0.05) is 91.0 Å². The summed E-state index contributed by atoms with van der Waals surface area (Å²) in [6, 6.07) is 106. The predicted molar refractivity (Wildman–Crippen MR) is 361 cm³/mol. The Morgan fingerprint density at radius 1 is 0.247 bits per heavy atom. The smallest absolute Gasteiger partial charge is 0.124 e. The fourth-order valence-electron chi connectivity index (χ4n) is 11.6. The van der Waals surface area contributed by atoms with E-state index in [9.17, 15) is 0 Å². The predicted octanol–water partition coefficient (Wildman–Crippen LogP) is 22.0. The van der Waals surface area contributed by atoms with Crippen LogP contribution in [0.3, 0.4) is 0 Å². The standard InChI is InChI=1S/C75H49N7S3/c1-4-16-53(17-5-1)79(56-34-28-50(29-35-56)73-76-65-22-10-13-25-70(65)83-73)59-40-42-60(43-41-59)82-68-46-44-61(80(54-18-6-2-7-19-54)57-36-30-51(31-37-57)74-77-66-23-11-14-26-71(66)84-74)48-63(68)64-49-62(45-47-69(64)82)81(55-20-8-3-9-21-55)58-38-32-52(33-39-58)75-78-67-24-12-15-27-72(67)85-75/h1-49H. The summed E-state index contributed by atoms with van der Waals surface area (Å²) in [4.78, 5) is 22.0. The molecule has 0 aliphatic carbocycles. The highest BCUT2D eigenvalue weighted by molar-refractivity contribution is 7.22. The van der Waals surface area contributed by atoms with Crippen molar-refractivity contribution in [3.63, 3.8) is 0 Å². The van der Waals surface area contributed by atoms with Gasteiger partial charge in [0.05, 0.1) is 41.7 Å². The fourth-order valence-corrected chi connectivity index (χ4v) is 14.5. The first-order chi connectivity index (χ1) is 42.1. The zero-order valence-corrected chi connectivity index (χ0v) is 48.1. The van der Waals surface area contributed by atoms with E-state index in [0.717, 1.165) is 127 Å². The highest BCUT2D eigenvalue weighted by Gasteiger charge is 2.22. The van der Waals surface area contributed by atoms with Gasteiger partial charge >= 0.3 is 0 Å². The van der Waals surface area contributed by atoms with E-state index in [-0.39, 0.29) is 0 Å². The molecule has 12 aromatic carbocycles. The monoisotopic (exact) mass is 1140 g/mol. The van der Waals surface area contributed by atoms with E-state index in [0.29, 0.717) is 0 Å². The summed E-state index contributed by atoms with van der Waals surface area (Å²) >= 11 is 5.17. The zero-order valence-electron chi connectivity index (χ0n) is 45.6. The van der Waals surface area contributed by atoms with E-state index < -0.39 is 0 Å². The largest absolute Gasteiger partial charge is 0.311 e. The minimum absolute atomic E-state index is 1.01. The molecular weight excluding hydrogens is 1100 g/mol. The lowest BCUT2D eigenvalue weighted by Gasteiger charge is -2.26. The number of fused-ring (bicyclic) bond motifs is 6. The molecule has 7 nitrogen and oxygen atoms in total. The molecule has 4 heterocycles. The Balaban J connectivity index is 0.829. The molecular formula is C75H49N7S3. The van der Waals surface area contributed by atoms with Gasteiger partial charge in [-0.2, -0.15) is 0 Å². The van der Waals surface area contributed by atoms with Crippen LogP contribution in [0.25, 0.3) is 89.9 Å². The van der Waals surface area contributed by atoms with Crippen LogP contribution >= 0.6 is 34.0 Å². The summed E-state index contributed by atoms with van der Waals surface area (Å²) in [5.74, 6) is 0. The van der Waals surface area contributed by atoms with Gasteiger partial charge in [0, 0.05) is 84.3 Å². The molecule has 4 aromatic heterocycles. The molecule has 0 aliphatic rings. The van der Waals surface area contributed by atoms with E-state index in [1.54, 1.807) is 34.0 Å². The van der Waals surface area contributed by atoms with Gasteiger partial charge in [-0.25, -0.2) is 15.0 Å². The fraction of sp³-hybridized carbons (Fsp3) is 0. The van der Waals surface area contributed by atoms with Crippen LogP contribution in [-0.4, -0.2) is 19.5 Å². The molecule has 10 heteroatoms. The quantitative estimate of drug-likeness (QED) is 0.115. The molecule has 0 bridgehead atoms. The van der Waals surface area contributed by atoms with Crippen LogP contribution in [-0.2, 0) is 0 Å². The van der Waals surface area contributed by atoms with Crippen molar-refractivity contribution in [1.29, 1.82) is 0 Å². The molecule has 85 heavy (non-hydrogen) atoms. The highest BCUT2D eigenvalue weighted by Crippen LogP contribution is 2.45. The first-order valence-corrected chi connectivity index (χ1v) is 30.7. The van der Waals surface area contributed by atoms with Gasteiger partial charge in [0.25, 0.3) is 0 Å². The molecule has 402 valence electrons. The van der Waals surface area contributed by atoms with E-state index in [2.05, 4.69) is 310 Å². The molecule has 16 rings (SSSR count). The van der Waals surface area contributed by atoms with Crippen molar-refractivity contribution < 1.29 is 0 Å². The Kier molecular flexibility index (Phi) is 12.6. The second kappa shape index (κ2) is 21.4. The van der Waals surface area contributed by atoms with Gasteiger partial charge in [-0.3, -0.25) is 0 Å². The van der Waals surface area contributed by atoms with Crippen LogP contribution in [0.5, 0.6) is 0 Å². The first kappa shape index (κ1) is 50.3. The molecule has 0 atom stereocenters. The number of rotatable bonds is 13. The van der Waals surface area contributed by atoms with Crippen LogP contribution in [0.2, 0.25) is 0 Å². The van der Waals surface area contributed by atoms with Crippen LogP contribution in [0.4, 0.5) is 51.2 Å². The summed E-state index contributed by atoms with van der Waals surface area (Å²) in [6.45, 7) is 0. The first-order valence-electron chi connectivity index (χ1n) is 28.2. The number of nitrogens with zero attached hydrogens (tertiary/aromatic N) is 7. The molecule has 16 aromatic rings. The number of para-hydroxylation sites is 6. The highest BCUT2D eigenvalue weighted by atomic mass is 32.1. The minimum atomic E-state index is 1.01. The van der Waals surface area contributed by atoms with Gasteiger partial charge in [0.2, 0.25) is 0 Å². The lowest BCUT2D eigenvalue weighted by molar-refractivity contribution is 1.17. The third-order valence-electron chi connectivity index (χ3n) is 15.7. The van der Waals surface area contributed by atoms with Crippen molar-refractivity contribution in [2.45, 2.75) is 0 Å². The Morgan fingerprint density at radius 2 is 0.518 bits per heavy atom. The Hall–Kier alpha value is -10.5. The second-order valence-corrected chi connectivity index (χ2v) is 24.0. The van der Waals surface area contributed by atoms with Gasteiger partial charge in [-0.15, -0.1) is 34.0 Å². The number of hydrogen-bond acceptors (Lipinski definition) is 9. The van der Waals surface area contributed by atoms with Crippen molar-refractivity contribution in [1.82, 2.24) is 19.5 Å². The number of hydrogen-bond donors (Lipinski definition) is 0. The van der Waals surface area contributed by atoms with Gasteiger partial charge in [-0.05, 0) is 206 Å². The maximum absolute atomic E-state index is 5.00. The van der Waals surface area contributed by atoms with Crippen molar-refractivity contribution in [3.8, 4) is 37.4 Å². The Bertz CT molecular complexity index is 4740. The molecule has 0 aliphatic heterocycles. The average molecular weight is 1140 g/mol. The Labute approximate surface area is 503 Å². The molecule has 0 unspecified atom stereocenters. The number of anilines is 9. The summed E-state index contributed by atoms with van der Waals surface area (Å²) < 4.78 is 5.97. The van der Waals surface area contributed by atoms with Crippen LogP contribution in [0, 0.1) is 0 Å². The van der Waals surface area contributed by atoms with Crippen LogP contribution in [0.15, 0.2) is 297 Å². The third-order valence-corrected chi connectivity index (χ3v) is 18.9. The minimum Gasteiger partial charge on any atom is -0.311 e. The van der Waals surface area contributed by atoms with E-state index >= 15 is 0 Å². The summed E-state index contributed by atoms with van der Waals surface area (Å²) in [7, 11) is 0. The van der Waals surface area contributed by atoms with E-state index in [1.165, 1.54) is 14.1 Å². The van der Waals surface area contributed by atoms with E-state index in [1.807, 2.05) is 6.07 Å². The zero-order chi connectivity index (χ0) is 56.2. The second-order valence-electron chi connectivity index (χ2n) is 20.9. The summed E-state index contributed by atoms with van der Waals surface area (Å²) in [5, 5.41) is 5.29. The molecule has 0 saturated carbocycles. The van der Waals surface area contributed by atoms with Gasteiger partial charge in [0.1, 0.15) is 15.0 Å². The molecule has 0 amide bonds.